The number of hydrogen-bond acceptors (Lipinski definition) is 5. The summed E-state index contributed by atoms with van der Waals surface area (Å²) in [6.45, 7) is 3.79. The predicted molar refractivity (Wildman–Crippen MR) is 99.8 cm³/mol. The second kappa shape index (κ2) is 7.83. The van der Waals surface area contributed by atoms with Gasteiger partial charge in [0.1, 0.15) is 23.1 Å². The molecule has 0 unspecified atom stereocenters. The first-order chi connectivity index (χ1) is 12.7. The van der Waals surface area contributed by atoms with Gasteiger partial charge in [0, 0.05) is 25.8 Å². The molecule has 1 aliphatic rings. The Morgan fingerprint density at radius 3 is 2.81 bits per heavy atom. The van der Waals surface area contributed by atoms with Crippen molar-refractivity contribution in [2.24, 2.45) is 0 Å². The van der Waals surface area contributed by atoms with Crippen molar-refractivity contribution in [3.63, 3.8) is 0 Å². The topological polar surface area (TPSA) is 90.5 Å². The maximum atomic E-state index is 13.0. The lowest BCUT2D eigenvalue weighted by molar-refractivity contribution is -0.116. The fraction of sp³-hybridized carbons (Fsp3) is 0.368. The number of hydrogen-bond donors (Lipinski definition) is 1. The Labute approximate surface area is 151 Å². The highest BCUT2D eigenvalue weighted by atomic mass is 16.1. The van der Waals surface area contributed by atoms with Gasteiger partial charge in [-0.2, -0.15) is 5.26 Å². The van der Waals surface area contributed by atoms with Crippen LogP contribution in [0.3, 0.4) is 0 Å². The normalized spacial score (nSPS) is 14.9. The molecule has 0 atom stereocenters. The van der Waals surface area contributed by atoms with E-state index in [1.54, 1.807) is 25.3 Å². The molecule has 7 nitrogen and oxygen atoms in total. The van der Waals surface area contributed by atoms with Crippen molar-refractivity contribution in [3.8, 4) is 6.07 Å². The van der Waals surface area contributed by atoms with Crippen molar-refractivity contribution in [2.75, 3.05) is 24.5 Å². The van der Waals surface area contributed by atoms with E-state index >= 15 is 0 Å². The second-order valence-electron chi connectivity index (χ2n) is 6.16. The minimum Gasteiger partial charge on any atom is -0.356 e. The predicted octanol–water partition coefficient (Wildman–Crippen LogP) is 1.73. The Hall–Kier alpha value is -3.14. The Balaban J connectivity index is 2.21. The van der Waals surface area contributed by atoms with Crippen LogP contribution < -0.4 is 15.8 Å². The van der Waals surface area contributed by atoms with Crippen molar-refractivity contribution in [1.29, 1.82) is 5.26 Å². The summed E-state index contributed by atoms with van der Waals surface area (Å²) in [5.74, 6) is 0.0510. The van der Waals surface area contributed by atoms with Gasteiger partial charge in [-0.3, -0.25) is 14.0 Å². The fourth-order valence-corrected chi connectivity index (χ4v) is 3.11. The second-order valence-corrected chi connectivity index (χ2v) is 6.16. The van der Waals surface area contributed by atoms with Gasteiger partial charge in [0.2, 0.25) is 0 Å². The van der Waals surface area contributed by atoms with Crippen LogP contribution in [0, 0.1) is 11.3 Å². The van der Waals surface area contributed by atoms with Gasteiger partial charge in [-0.05, 0) is 44.4 Å². The molecule has 134 valence electrons. The van der Waals surface area contributed by atoms with E-state index in [0.29, 0.717) is 18.0 Å². The van der Waals surface area contributed by atoms with Gasteiger partial charge >= 0.3 is 0 Å². The van der Waals surface area contributed by atoms with E-state index in [9.17, 15) is 14.9 Å². The largest absolute Gasteiger partial charge is 0.356 e. The Bertz CT molecular complexity index is 949. The highest BCUT2D eigenvalue weighted by molar-refractivity contribution is 6.02. The van der Waals surface area contributed by atoms with E-state index in [4.69, 9.17) is 0 Å². The highest BCUT2D eigenvalue weighted by Gasteiger charge is 2.20. The first-order valence-electron chi connectivity index (χ1n) is 8.82. The van der Waals surface area contributed by atoms with Crippen molar-refractivity contribution >= 4 is 23.4 Å². The molecule has 26 heavy (non-hydrogen) atoms. The maximum Gasteiger partial charge on any atom is 0.267 e. The molecular weight excluding hydrogens is 330 g/mol. The van der Waals surface area contributed by atoms with Gasteiger partial charge in [-0.1, -0.05) is 6.07 Å². The van der Waals surface area contributed by atoms with Crippen LogP contribution in [0.1, 0.15) is 31.7 Å². The molecule has 2 aromatic rings. The summed E-state index contributed by atoms with van der Waals surface area (Å²) < 4.78 is 1.44. The summed E-state index contributed by atoms with van der Waals surface area (Å²) in [5.41, 5.74) is 0.443. The molecule has 1 N–H and O–H groups in total. The lowest BCUT2D eigenvalue weighted by atomic mass is 10.1. The monoisotopic (exact) mass is 351 g/mol. The summed E-state index contributed by atoms with van der Waals surface area (Å²) in [6.07, 6.45) is 6.21. The van der Waals surface area contributed by atoms with Gasteiger partial charge in [-0.15, -0.1) is 0 Å². The molecule has 2 aromatic heterocycles. The van der Waals surface area contributed by atoms with Crippen molar-refractivity contribution in [1.82, 2.24) is 14.7 Å². The first kappa shape index (κ1) is 17.7. The molecule has 0 aliphatic carbocycles. The summed E-state index contributed by atoms with van der Waals surface area (Å²) in [7, 11) is 0. The standard InChI is InChI=1S/C19H21N5O2/c1-2-21-18(25)14(13-20)12-15-17(23-9-5-3-6-10-23)22-16-8-4-7-11-24(16)19(15)26/h4,7-8,11-12H,2-3,5-6,9-10H2,1H3,(H,21,25). The van der Waals surface area contributed by atoms with E-state index in [1.165, 1.54) is 10.5 Å². The summed E-state index contributed by atoms with van der Waals surface area (Å²) >= 11 is 0. The number of carbonyl (C=O) groups is 1. The third kappa shape index (κ3) is 3.45. The number of aromatic nitrogens is 2. The van der Waals surface area contributed by atoms with E-state index in [1.807, 2.05) is 12.1 Å². The van der Waals surface area contributed by atoms with Gasteiger partial charge in [0.25, 0.3) is 11.5 Å². The number of nitriles is 1. The number of anilines is 1. The van der Waals surface area contributed by atoms with Gasteiger partial charge in [-0.25, -0.2) is 4.98 Å². The number of amides is 1. The molecule has 1 aliphatic heterocycles. The van der Waals surface area contributed by atoms with Gasteiger partial charge in [0.15, 0.2) is 0 Å². The lowest BCUT2D eigenvalue weighted by Crippen LogP contribution is -2.33. The van der Waals surface area contributed by atoms with Crippen LogP contribution in [0.15, 0.2) is 34.8 Å². The molecule has 1 fully saturated rings. The van der Waals surface area contributed by atoms with Crippen molar-refractivity contribution in [2.45, 2.75) is 26.2 Å². The Kier molecular flexibility index (Phi) is 5.32. The average Bonchev–Trinajstić information content (AvgIpc) is 2.68. The van der Waals surface area contributed by atoms with Crippen LogP contribution in [-0.4, -0.2) is 34.9 Å². The molecule has 3 heterocycles. The molecule has 0 aromatic carbocycles. The van der Waals surface area contributed by atoms with Gasteiger partial charge in [0.05, 0.1) is 5.56 Å². The number of rotatable bonds is 4. The fourth-order valence-electron chi connectivity index (χ4n) is 3.11. The molecule has 0 spiro atoms. The number of nitrogens with zero attached hydrogens (tertiary/aromatic N) is 4. The summed E-state index contributed by atoms with van der Waals surface area (Å²) in [4.78, 5) is 31.9. The molecule has 0 bridgehead atoms. The number of likely N-dealkylation sites (N-methyl/N-ethyl adjacent to an activating group) is 1. The quantitative estimate of drug-likeness (QED) is 0.669. The molecule has 0 radical (unpaired) electrons. The minimum atomic E-state index is -0.489. The van der Waals surface area contributed by atoms with E-state index in [2.05, 4.69) is 15.2 Å². The van der Waals surface area contributed by atoms with Crippen LogP contribution in [0.25, 0.3) is 11.7 Å². The smallest absolute Gasteiger partial charge is 0.267 e. The number of piperidine rings is 1. The van der Waals surface area contributed by atoms with Crippen LogP contribution in [0.4, 0.5) is 5.82 Å². The van der Waals surface area contributed by atoms with Crippen molar-refractivity contribution in [3.05, 3.63) is 45.9 Å². The van der Waals surface area contributed by atoms with E-state index in [-0.39, 0.29) is 16.7 Å². The van der Waals surface area contributed by atoms with Crippen LogP contribution in [0.2, 0.25) is 0 Å². The SMILES string of the molecule is CCNC(=O)C(C#N)=Cc1c(N2CCCCC2)nc2ccccn2c1=O. The first-order valence-corrected chi connectivity index (χ1v) is 8.82. The van der Waals surface area contributed by atoms with Crippen LogP contribution in [-0.2, 0) is 4.79 Å². The number of pyridine rings is 1. The lowest BCUT2D eigenvalue weighted by Gasteiger charge is -2.29. The Morgan fingerprint density at radius 2 is 2.12 bits per heavy atom. The average molecular weight is 351 g/mol. The van der Waals surface area contributed by atoms with Crippen LogP contribution in [0.5, 0.6) is 0 Å². The number of carbonyl (C=O) groups excluding carboxylic acids is 1. The summed E-state index contributed by atoms with van der Waals surface area (Å²) in [6, 6.07) is 7.25. The zero-order valence-corrected chi connectivity index (χ0v) is 14.7. The minimum absolute atomic E-state index is 0.0973. The maximum absolute atomic E-state index is 13.0. The molecule has 7 heteroatoms. The molecule has 1 amide bonds. The molecule has 1 saturated heterocycles. The highest BCUT2D eigenvalue weighted by Crippen LogP contribution is 2.22. The molecule has 3 rings (SSSR count). The van der Waals surface area contributed by atoms with E-state index < -0.39 is 5.91 Å². The third-order valence-corrected chi connectivity index (χ3v) is 4.40. The number of nitrogens with one attached hydrogen (secondary N) is 1. The van der Waals surface area contributed by atoms with Gasteiger partial charge < -0.3 is 10.2 Å². The zero-order valence-electron chi connectivity index (χ0n) is 14.7. The molecule has 0 saturated carbocycles. The Morgan fingerprint density at radius 1 is 1.35 bits per heavy atom. The third-order valence-electron chi connectivity index (χ3n) is 4.40. The van der Waals surface area contributed by atoms with Crippen LogP contribution >= 0.6 is 0 Å². The van der Waals surface area contributed by atoms with Crippen molar-refractivity contribution < 1.29 is 4.79 Å². The summed E-state index contributed by atoms with van der Waals surface area (Å²) in [5, 5.41) is 12.0. The zero-order chi connectivity index (χ0) is 18.5. The molecular formula is C19H21N5O2. The van der Waals surface area contributed by atoms with E-state index in [0.717, 1.165) is 32.4 Å². The number of fused-ring (bicyclic) bond motifs is 1.